The van der Waals surface area contributed by atoms with Crippen LogP contribution in [0.3, 0.4) is 0 Å². The van der Waals surface area contributed by atoms with E-state index in [9.17, 15) is 4.79 Å². The highest BCUT2D eigenvalue weighted by molar-refractivity contribution is 7.14. The van der Waals surface area contributed by atoms with Crippen LogP contribution >= 0.6 is 11.3 Å². The lowest BCUT2D eigenvalue weighted by atomic mass is 9.87. The summed E-state index contributed by atoms with van der Waals surface area (Å²) in [6.45, 7) is 4.30. The highest BCUT2D eigenvalue weighted by Gasteiger charge is 2.22. The highest BCUT2D eigenvalue weighted by Crippen LogP contribution is 2.33. The lowest BCUT2D eigenvalue weighted by Crippen LogP contribution is -2.19. The summed E-state index contributed by atoms with van der Waals surface area (Å²) < 4.78 is 0. The quantitative estimate of drug-likeness (QED) is 0.616. The summed E-state index contributed by atoms with van der Waals surface area (Å²) in [6.07, 6.45) is 5.47. The lowest BCUT2D eigenvalue weighted by Gasteiger charge is -2.19. The minimum absolute atomic E-state index is 0.0932. The molecule has 0 saturated carbocycles. The Hall–Kier alpha value is -1.94. The molecule has 3 nitrogen and oxygen atoms in total. The number of hydrogen-bond donors (Lipinski definition) is 1. The molecular weight excluding hydrogens is 316 g/mol. The number of carbonyl (C=O) groups excluding carboxylic acids is 1. The number of amides is 1. The van der Waals surface area contributed by atoms with Crippen LogP contribution in [0.4, 0.5) is 0 Å². The maximum Gasteiger partial charge on any atom is 0.281 e. The molecular formula is C20H24N2OS. The predicted octanol–water partition coefficient (Wildman–Crippen LogP) is 4.81. The van der Waals surface area contributed by atoms with Gasteiger partial charge in [0.15, 0.2) is 0 Å². The number of nitrogens with one attached hydrogen (secondary N) is 1. The summed E-state index contributed by atoms with van der Waals surface area (Å²) in [4.78, 5) is 14.6. The molecule has 0 saturated heterocycles. The van der Waals surface area contributed by atoms with Gasteiger partial charge in [0.25, 0.3) is 5.91 Å². The molecule has 126 valence electrons. The molecule has 4 heteroatoms. The Morgan fingerprint density at radius 2 is 2.08 bits per heavy atom. The minimum Gasteiger partial charge on any atom is -0.266 e. The second-order valence-corrected chi connectivity index (χ2v) is 7.43. The molecule has 0 radical (unpaired) electrons. The van der Waals surface area contributed by atoms with E-state index in [1.54, 1.807) is 11.3 Å². The van der Waals surface area contributed by atoms with Gasteiger partial charge in [-0.3, -0.25) is 4.79 Å². The molecule has 1 aliphatic carbocycles. The van der Waals surface area contributed by atoms with Crippen molar-refractivity contribution in [3.63, 3.8) is 0 Å². The van der Waals surface area contributed by atoms with E-state index in [0.29, 0.717) is 0 Å². The summed E-state index contributed by atoms with van der Waals surface area (Å²) in [7, 11) is 0. The van der Waals surface area contributed by atoms with Crippen molar-refractivity contribution in [1.29, 1.82) is 0 Å². The van der Waals surface area contributed by atoms with Crippen molar-refractivity contribution in [1.82, 2.24) is 5.43 Å². The summed E-state index contributed by atoms with van der Waals surface area (Å²) >= 11 is 1.63. The van der Waals surface area contributed by atoms with Crippen LogP contribution in [0.5, 0.6) is 0 Å². The van der Waals surface area contributed by atoms with Gasteiger partial charge in [0.05, 0.1) is 10.6 Å². The number of fused-ring (bicyclic) bond motifs is 1. The molecule has 1 heterocycles. The Labute approximate surface area is 147 Å². The highest BCUT2D eigenvalue weighted by atomic mass is 32.1. The zero-order valence-electron chi connectivity index (χ0n) is 14.3. The topological polar surface area (TPSA) is 41.5 Å². The van der Waals surface area contributed by atoms with E-state index in [0.717, 1.165) is 41.3 Å². The molecule has 0 fully saturated rings. The Kier molecular flexibility index (Phi) is 5.46. The van der Waals surface area contributed by atoms with Crippen molar-refractivity contribution >= 4 is 23.0 Å². The molecule has 0 bridgehead atoms. The smallest absolute Gasteiger partial charge is 0.266 e. The van der Waals surface area contributed by atoms with E-state index in [1.807, 2.05) is 37.3 Å². The van der Waals surface area contributed by atoms with Crippen LogP contribution in [0.15, 0.2) is 41.5 Å². The molecule has 2 aromatic rings. The third kappa shape index (κ3) is 3.75. The normalized spacial score (nSPS) is 17.4. The van der Waals surface area contributed by atoms with Crippen LogP contribution in [-0.4, -0.2) is 11.6 Å². The largest absolute Gasteiger partial charge is 0.281 e. The van der Waals surface area contributed by atoms with Crippen LogP contribution in [0.1, 0.15) is 58.8 Å². The summed E-state index contributed by atoms with van der Waals surface area (Å²) in [5, 5.41) is 4.35. The Morgan fingerprint density at radius 1 is 1.29 bits per heavy atom. The van der Waals surface area contributed by atoms with Crippen molar-refractivity contribution in [3.8, 4) is 0 Å². The van der Waals surface area contributed by atoms with Gasteiger partial charge in [0.2, 0.25) is 0 Å². The molecule has 3 rings (SSSR count). The van der Waals surface area contributed by atoms with Crippen LogP contribution < -0.4 is 5.43 Å². The molecule has 0 aliphatic heterocycles. The van der Waals surface area contributed by atoms with Gasteiger partial charge >= 0.3 is 0 Å². The van der Waals surface area contributed by atoms with E-state index in [2.05, 4.69) is 23.5 Å². The number of hydrazone groups is 1. The van der Waals surface area contributed by atoms with Crippen LogP contribution in [-0.2, 0) is 12.8 Å². The van der Waals surface area contributed by atoms with Gasteiger partial charge in [-0.25, -0.2) is 5.43 Å². The molecule has 1 aromatic carbocycles. The van der Waals surface area contributed by atoms with Crippen molar-refractivity contribution < 1.29 is 4.79 Å². The maximum absolute atomic E-state index is 12.5. The predicted molar refractivity (Wildman–Crippen MR) is 101 cm³/mol. The van der Waals surface area contributed by atoms with Crippen LogP contribution in [0.25, 0.3) is 0 Å². The van der Waals surface area contributed by atoms with E-state index in [1.165, 1.54) is 23.3 Å². The number of carbonyl (C=O) groups is 1. The lowest BCUT2D eigenvalue weighted by molar-refractivity contribution is 0.0959. The van der Waals surface area contributed by atoms with E-state index >= 15 is 0 Å². The third-order valence-electron chi connectivity index (χ3n) is 4.72. The van der Waals surface area contributed by atoms with Crippen molar-refractivity contribution in [2.24, 2.45) is 11.0 Å². The average Bonchev–Trinajstić information content (AvgIpc) is 3.06. The molecule has 24 heavy (non-hydrogen) atoms. The van der Waals surface area contributed by atoms with Gasteiger partial charge in [-0.1, -0.05) is 50.6 Å². The standard InChI is InChI=1S/C20H24N2OS/c1-3-14-10-11-18-16(12-14)13-19(24-18)20(23)22-21-17(4-2)15-8-6-5-7-9-15/h5-9,13-14H,3-4,10-12H2,1-2H3,(H,22,23)/b21-17-/t14-/m0/s1. The average molecular weight is 340 g/mol. The number of benzene rings is 1. The zero-order valence-corrected chi connectivity index (χ0v) is 15.2. The number of rotatable bonds is 5. The molecule has 1 atom stereocenters. The van der Waals surface area contributed by atoms with Gasteiger partial charge in [-0.05, 0) is 48.8 Å². The first kappa shape index (κ1) is 16.9. The first-order valence-corrected chi connectivity index (χ1v) is 9.56. The van der Waals surface area contributed by atoms with Gasteiger partial charge < -0.3 is 0 Å². The van der Waals surface area contributed by atoms with Crippen LogP contribution in [0, 0.1) is 5.92 Å². The number of thiophene rings is 1. The molecule has 1 aromatic heterocycles. The first-order chi connectivity index (χ1) is 11.7. The molecule has 1 aliphatic rings. The second kappa shape index (κ2) is 7.75. The maximum atomic E-state index is 12.5. The van der Waals surface area contributed by atoms with Gasteiger partial charge in [0.1, 0.15) is 0 Å². The Morgan fingerprint density at radius 3 is 2.79 bits per heavy atom. The first-order valence-electron chi connectivity index (χ1n) is 8.75. The minimum atomic E-state index is -0.0932. The molecule has 1 N–H and O–H groups in total. The van der Waals surface area contributed by atoms with E-state index in [-0.39, 0.29) is 5.91 Å². The fraction of sp³-hybridized carbons (Fsp3) is 0.400. The monoisotopic (exact) mass is 340 g/mol. The number of nitrogens with zero attached hydrogens (tertiary/aromatic N) is 1. The van der Waals surface area contributed by atoms with Gasteiger partial charge in [-0.15, -0.1) is 11.3 Å². The SMILES string of the molecule is CC/C(=N/NC(=O)c1cc2c(s1)CC[C@H](CC)C2)c1ccccc1. The number of aryl methyl sites for hydroxylation is 1. The third-order valence-corrected chi connectivity index (χ3v) is 5.96. The molecule has 1 amide bonds. The van der Waals surface area contributed by atoms with E-state index < -0.39 is 0 Å². The van der Waals surface area contributed by atoms with E-state index in [4.69, 9.17) is 0 Å². The van der Waals surface area contributed by atoms with Crippen molar-refractivity contribution in [3.05, 3.63) is 57.3 Å². The van der Waals surface area contributed by atoms with Crippen molar-refractivity contribution in [2.75, 3.05) is 0 Å². The fourth-order valence-corrected chi connectivity index (χ4v) is 4.31. The molecule has 0 spiro atoms. The van der Waals surface area contributed by atoms with Gasteiger partial charge in [0, 0.05) is 4.88 Å². The molecule has 0 unspecified atom stereocenters. The van der Waals surface area contributed by atoms with Crippen LogP contribution in [0.2, 0.25) is 0 Å². The fourth-order valence-electron chi connectivity index (χ4n) is 3.21. The summed E-state index contributed by atoms with van der Waals surface area (Å²) in [6, 6.07) is 12.1. The Bertz CT molecular complexity index is 733. The summed E-state index contributed by atoms with van der Waals surface area (Å²) in [5.41, 5.74) is 6.06. The van der Waals surface area contributed by atoms with Crippen molar-refractivity contribution in [2.45, 2.75) is 46.0 Å². The number of hydrogen-bond acceptors (Lipinski definition) is 3. The summed E-state index contributed by atoms with van der Waals surface area (Å²) in [5.74, 6) is 0.676. The van der Waals surface area contributed by atoms with Gasteiger partial charge in [-0.2, -0.15) is 5.10 Å². The second-order valence-electron chi connectivity index (χ2n) is 6.30. The Balaban J connectivity index is 1.71. The zero-order chi connectivity index (χ0) is 16.9.